The Morgan fingerprint density at radius 3 is 2.83 bits per heavy atom. The van der Waals surface area contributed by atoms with E-state index in [0.29, 0.717) is 23.4 Å². The first kappa shape index (κ1) is 14.3. The predicted octanol–water partition coefficient (Wildman–Crippen LogP) is 3.03. The summed E-state index contributed by atoms with van der Waals surface area (Å²) in [5.41, 5.74) is 0.889. The van der Waals surface area contributed by atoms with Crippen molar-refractivity contribution >= 4 is 11.8 Å². The van der Waals surface area contributed by atoms with Crippen LogP contribution >= 0.6 is 11.8 Å². The monoisotopic (exact) mass is 329 g/mol. The number of aromatic nitrogens is 5. The molecule has 0 aliphatic heterocycles. The maximum Gasteiger partial charge on any atom is 0.237 e. The number of hydrogen-bond donors (Lipinski definition) is 1. The molecule has 0 bridgehead atoms. The van der Waals surface area contributed by atoms with Gasteiger partial charge in [-0.15, -0.1) is 5.10 Å². The van der Waals surface area contributed by atoms with Crippen molar-refractivity contribution in [3.8, 4) is 17.1 Å². The fourth-order valence-electron chi connectivity index (χ4n) is 2.16. The molecule has 1 fully saturated rings. The number of nitrogens with zero attached hydrogens (tertiary/aromatic N) is 4. The van der Waals surface area contributed by atoms with Crippen LogP contribution in [0.1, 0.15) is 30.5 Å². The van der Waals surface area contributed by atoms with Gasteiger partial charge in [0.2, 0.25) is 16.9 Å². The minimum Gasteiger partial charge on any atom is -0.497 e. The predicted molar refractivity (Wildman–Crippen MR) is 84.2 cm³/mol. The minimum atomic E-state index is 0.547. The molecule has 3 aromatic rings. The molecule has 4 rings (SSSR count). The molecule has 0 atom stereocenters. The van der Waals surface area contributed by atoms with Gasteiger partial charge in [0, 0.05) is 11.5 Å². The number of benzene rings is 1. The Morgan fingerprint density at radius 1 is 1.26 bits per heavy atom. The second-order valence-electron chi connectivity index (χ2n) is 5.31. The van der Waals surface area contributed by atoms with Crippen LogP contribution in [0.5, 0.6) is 5.75 Å². The highest BCUT2D eigenvalue weighted by Gasteiger charge is 2.27. The largest absolute Gasteiger partial charge is 0.497 e. The molecule has 1 N–H and O–H groups in total. The normalized spacial score (nSPS) is 14.1. The Labute approximate surface area is 136 Å². The lowest BCUT2D eigenvalue weighted by Gasteiger charge is -1.98. The van der Waals surface area contributed by atoms with E-state index in [9.17, 15) is 0 Å². The Hall–Kier alpha value is -2.35. The summed E-state index contributed by atoms with van der Waals surface area (Å²) < 4.78 is 10.4. The third-order valence-corrected chi connectivity index (χ3v) is 4.42. The molecule has 1 aliphatic carbocycles. The lowest BCUT2D eigenvalue weighted by atomic mass is 10.2. The zero-order valence-electron chi connectivity index (χ0n) is 12.5. The van der Waals surface area contributed by atoms with Gasteiger partial charge in [-0.25, -0.2) is 4.98 Å². The fourth-order valence-corrected chi connectivity index (χ4v) is 2.80. The molecule has 0 amide bonds. The van der Waals surface area contributed by atoms with E-state index < -0.39 is 0 Å². The first-order chi connectivity index (χ1) is 11.3. The van der Waals surface area contributed by atoms with Crippen molar-refractivity contribution in [1.82, 2.24) is 25.3 Å². The highest BCUT2D eigenvalue weighted by molar-refractivity contribution is 7.98. The summed E-state index contributed by atoms with van der Waals surface area (Å²) in [5.74, 6) is 4.02. The number of thioether (sulfide) groups is 1. The molecule has 23 heavy (non-hydrogen) atoms. The zero-order chi connectivity index (χ0) is 15.6. The third kappa shape index (κ3) is 3.21. The topological polar surface area (TPSA) is 89.7 Å². The van der Waals surface area contributed by atoms with Gasteiger partial charge in [0.25, 0.3) is 0 Å². The number of ether oxygens (including phenoxy) is 1. The maximum absolute atomic E-state index is 5.29. The van der Waals surface area contributed by atoms with E-state index in [1.54, 1.807) is 7.11 Å². The van der Waals surface area contributed by atoms with Gasteiger partial charge >= 0.3 is 0 Å². The average Bonchev–Trinajstić information content (AvgIpc) is 3.15. The summed E-state index contributed by atoms with van der Waals surface area (Å²) >= 11 is 1.48. The second kappa shape index (κ2) is 6.04. The SMILES string of the molecule is COc1ccc(-c2noc(CSc3n[nH]c(C4CC4)n3)n2)cc1. The molecule has 1 aromatic carbocycles. The molecule has 0 spiro atoms. The summed E-state index contributed by atoms with van der Waals surface area (Å²) in [6, 6.07) is 7.54. The zero-order valence-corrected chi connectivity index (χ0v) is 13.3. The number of rotatable bonds is 6. The standard InChI is InChI=1S/C15H15N5O2S/c1-21-11-6-4-10(5-7-11)14-16-12(22-20-14)8-23-15-17-13(18-19-15)9-2-3-9/h4-7,9H,2-3,8H2,1H3,(H,17,18,19). The van der Waals surface area contributed by atoms with E-state index in [1.807, 2.05) is 24.3 Å². The molecule has 2 heterocycles. The number of hydrogen-bond acceptors (Lipinski definition) is 7. The lowest BCUT2D eigenvalue weighted by molar-refractivity contribution is 0.391. The number of H-pyrrole nitrogens is 1. The smallest absolute Gasteiger partial charge is 0.237 e. The van der Waals surface area contributed by atoms with Crippen LogP contribution in [-0.2, 0) is 5.75 Å². The minimum absolute atomic E-state index is 0.547. The van der Waals surface area contributed by atoms with Gasteiger partial charge in [0.05, 0.1) is 12.9 Å². The Morgan fingerprint density at radius 2 is 2.09 bits per heavy atom. The summed E-state index contributed by atoms with van der Waals surface area (Å²) in [5, 5.41) is 11.9. The van der Waals surface area contributed by atoms with Gasteiger partial charge in [0.15, 0.2) is 0 Å². The fraction of sp³-hybridized carbons (Fsp3) is 0.333. The van der Waals surface area contributed by atoms with Crippen molar-refractivity contribution in [1.29, 1.82) is 0 Å². The van der Waals surface area contributed by atoms with Crippen LogP contribution < -0.4 is 4.74 Å². The molecule has 0 radical (unpaired) electrons. The van der Waals surface area contributed by atoms with Crippen LogP contribution in [0.3, 0.4) is 0 Å². The highest BCUT2D eigenvalue weighted by atomic mass is 32.2. The summed E-state index contributed by atoms with van der Waals surface area (Å²) in [6.07, 6.45) is 2.41. The number of nitrogens with one attached hydrogen (secondary N) is 1. The van der Waals surface area contributed by atoms with E-state index in [0.717, 1.165) is 22.3 Å². The van der Waals surface area contributed by atoms with Crippen molar-refractivity contribution in [2.75, 3.05) is 7.11 Å². The van der Waals surface area contributed by atoms with Crippen molar-refractivity contribution in [2.45, 2.75) is 29.7 Å². The molecule has 0 unspecified atom stereocenters. The van der Waals surface area contributed by atoms with Gasteiger partial charge < -0.3 is 9.26 Å². The van der Waals surface area contributed by atoms with E-state index in [2.05, 4.69) is 25.3 Å². The van der Waals surface area contributed by atoms with Gasteiger partial charge in [-0.1, -0.05) is 16.9 Å². The molecule has 7 nitrogen and oxygen atoms in total. The van der Waals surface area contributed by atoms with Crippen LogP contribution in [0.25, 0.3) is 11.4 Å². The Balaban J connectivity index is 1.40. The van der Waals surface area contributed by atoms with Crippen molar-refractivity contribution in [3.05, 3.63) is 36.0 Å². The van der Waals surface area contributed by atoms with Gasteiger partial charge in [-0.3, -0.25) is 5.10 Å². The maximum atomic E-state index is 5.29. The Kier molecular flexibility index (Phi) is 3.74. The highest BCUT2D eigenvalue weighted by Crippen LogP contribution is 2.38. The molecule has 0 saturated heterocycles. The van der Waals surface area contributed by atoms with Gasteiger partial charge in [0.1, 0.15) is 11.6 Å². The van der Waals surface area contributed by atoms with Gasteiger partial charge in [-0.05, 0) is 37.1 Å². The first-order valence-corrected chi connectivity index (χ1v) is 8.32. The van der Waals surface area contributed by atoms with Crippen molar-refractivity contribution in [2.24, 2.45) is 0 Å². The van der Waals surface area contributed by atoms with E-state index in [-0.39, 0.29) is 0 Å². The molecule has 1 saturated carbocycles. The molecule has 2 aromatic heterocycles. The van der Waals surface area contributed by atoms with Crippen LogP contribution in [-0.4, -0.2) is 32.4 Å². The molecular formula is C15H15N5O2S. The van der Waals surface area contributed by atoms with Crippen LogP contribution in [0.2, 0.25) is 0 Å². The van der Waals surface area contributed by atoms with E-state index in [1.165, 1.54) is 24.6 Å². The molecular weight excluding hydrogens is 314 g/mol. The molecule has 1 aliphatic rings. The number of methoxy groups -OCH3 is 1. The van der Waals surface area contributed by atoms with Gasteiger partial charge in [-0.2, -0.15) is 4.98 Å². The van der Waals surface area contributed by atoms with Crippen LogP contribution in [0.15, 0.2) is 33.9 Å². The van der Waals surface area contributed by atoms with Crippen LogP contribution in [0.4, 0.5) is 0 Å². The Bertz CT molecular complexity index is 794. The summed E-state index contributed by atoms with van der Waals surface area (Å²) in [6.45, 7) is 0. The summed E-state index contributed by atoms with van der Waals surface area (Å²) in [7, 11) is 1.64. The lowest BCUT2D eigenvalue weighted by Crippen LogP contribution is -1.85. The number of aromatic amines is 1. The molecule has 8 heteroatoms. The quantitative estimate of drug-likeness (QED) is 0.695. The van der Waals surface area contributed by atoms with Crippen molar-refractivity contribution < 1.29 is 9.26 Å². The second-order valence-corrected chi connectivity index (χ2v) is 6.25. The van der Waals surface area contributed by atoms with E-state index in [4.69, 9.17) is 9.26 Å². The summed E-state index contributed by atoms with van der Waals surface area (Å²) in [4.78, 5) is 8.86. The first-order valence-electron chi connectivity index (χ1n) is 7.34. The van der Waals surface area contributed by atoms with Crippen molar-refractivity contribution in [3.63, 3.8) is 0 Å². The molecule has 118 valence electrons. The third-order valence-electron chi connectivity index (χ3n) is 3.59. The van der Waals surface area contributed by atoms with Crippen LogP contribution in [0, 0.1) is 0 Å². The average molecular weight is 329 g/mol. The van der Waals surface area contributed by atoms with E-state index >= 15 is 0 Å².